The van der Waals surface area contributed by atoms with Crippen molar-refractivity contribution in [3.05, 3.63) is 45.2 Å². The summed E-state index contributed by atoms with van der Waals surface area (Å²) in [6, 6.07) is 3.40. The number of halogens is 3. The third kappa shape index (κ3) is 2.66. The molecule has 6 heteroatoms. The SMILES string of the molecule is Clc1ccc(Cl)c(CSc2ncco2)c1Cl. The zero-order valence-electron chi connectivity index (χ0n) is 7.91. The van der Waals surface area contributed by atoms with Crippen LogP contribution in [0.5, 0.6) is 0 Å². The van der Waals surface area contributed by atoms with Gasteiger partial charge in [-0.05, 0) is 12.1 Å². The minimum Gasteiger partial charge on any atom is -0.440 e. The first-order valence-electron chi connectivity index (χ1n) is 4.33. The summed E-state index contributed by atoms with van der Waals surface area (Å²) in [7, 11) is 0. The summed E-state index contributed by atoms with van der Waals surface area (Å²) in [6.45, 7) is 0. The van der Waals surface area contributed by atoms with E-state index in [2.05, 4.69) is 4.98 Å². The van der Waals surface area contributed by atoms with Gasteiger partial charge in [-0.15, -0.1) is 0 Å². The molecule has 16 heavy (non-hydrogen) atoms. The van der Waals surface area contributed by atoms with Crippen LogP contribution < -0.4 is 0 Å². The van der Waals surface area contributed by atoms with Gasteiger partial charge < -0.3 is 4.42 Å². The third-order valence-corrected chi connectivity index (χ3v) is 3.97. The summed E-state index contributed by atoms with van der Waals surface area (Å²) >= 11 is 19.4. The second kappa shape index (κ2) is 5.32. The fourth-order valence-electron chi connectivity index (χ4n) is 1.12. The van der Waals surface area contributed by atoms with E-state index in [-0.39, 0.29) is 0 Å². The Labute approximate surface area is 112 Å². The Bertz CT molecular complexity index is 487. The van der Waals surface area contributed by atoms with Crippen LogP contribution in [0.3, 0.4) is 0 Å². The molecule has 0 bridgehead atoms. The molecular formula is C10H6Cl3NOS. The molecule has 0 N–H and O–H groups in total. The maximum atomic E-state index is 6.06. The van der Waals surface area contributed by atoms with Crippen molar-refractivity contribution >= 4 is 46.6 Å². The van der Waals surface area contributed by atoms with Gasteiger partial charge in [0, 0.05) is 16.3 Å². The van der Waals surface area contributed by atoms with Crippen molar-refractivity contribution in [3.63, 3.8) is 0 Å². The van der Waals surface area contributed by atoms with Crippen molar-refractivity contribution < 1.29 is 4.42 Å². The van der Waals surface area contributed by atoms with Gasteiger partial charge in [0.1, 0.15) is 6.26 Å². The minimum absolute atomic E-state index is 0.480. The number of nitrogens with zero attached hydrogens (tertiary/aromatic N) is 1. The van der Waals surface area contributed by atoms with Crippen LogP contribution in [0.4, 0.5) is 0 Å². The van der Waals surface area contributed by atoms with Crippen LogP contribution in [0.1, 0.15) is 5.56 Å². The Morgan fingerprint density at radius 2 is 1.94 bits per heavy atom. The molecule has 2 rings (SSSR count). The lowest BCUT2D eigenvalue weighted by molar-refractivity contribution is 0.454. The topological polar surface area (TPSA) is 26.0 Å². The van der Waals surface area contributed by atoms with Gasteiger partial charge in [0.2, 0.25) is 0 Å². The number of benzene rings is 1. The highest BCUT2D eigenvalue weighted by atomic mass is 35.5. The maximum Gasteiger partial charge on any atom is 0.255 e. The van der Waals surface area contributed by atoms with Gasteiger partial charge >= 0.3 is 0 Å². The zero-order valence-corrected chi connectivity index (χ0v) is 11.0. The average Bonchev–Trinajstić information content (AvgIpc) is 2.77. The van der Waals surface area contributed by atoms with Crippen LogP contribution in [0.25, 0.3) is 0 Å². The van der Waals surface area contributed by atoms with Crippen LogP contribution in [0.15, 0.2) is 34.2 Å². The Balaban J connectivity index is 2.18. The molecule has 0 fully saturated rings. The standard InChI is InChI=1S/C10H6Cl3NOS/c11-7-1-2-8(12)9(13)6(7)5-16-10-14-3-4-15-10/h1-4H,5H2. The summed E-state index contributed by atoms with van der Waals surface area (Å²) < 4.78 is 5.10. The maximum absolute atomic E-state index is 6.06. The monoisotopic (exact) mass is 293 g/mol. The van der Waals surface area contributed by atoms with Crippen LogP contribution in [-0.2, 0) is 5.75 Å². The van der Waals surface area contributed by atoms with E-state index in [1.807, 2.05) is 0 Å². The van der Waals surface area contributed by atoms with Crippen molar-refractivity contribution in [1.29, 1.82) is 0 Å². The van der Waals surface area contributed by atoms with Crippen molar-refractivity contribution in [1.82, 2.24) is 4.98 Å². The zero-order chi connectivity index (χ0) is 11.5. The average molecular weight is 295 g/mol. The Hall–Kier alpha value is -0.350. The molecule has 0 saturated carbocycles. The lowest BCUT2D eigenvalue weighted by Gasteiger charge is -2.06. The molecule has 0 radical (unpaired) electrons. The van der Waals surface area contributed by atoms with Crippen LogP contribution in [0.2, 0.25) is 15.1 Å². The normalized spacial score (nSPS) is 10.7. The lowest BCUT2D eigenvalue weighted by atomic mass is 10.2. The fraction of sp³-hybridized carbons (Fsp3) is 0.100. The van der Waals surface area contributed by atoms with Crippen molar-refractivity contribution in [2.24, 2.45) is 0 Å². The van der Waals surface area contributed by atoms with Crippen LogP contribution >= 0.6 is 46.6 Å². The summed E-state index contributed by atoms with van der Waals surface area (Å²) in [6.07, 6.45) is 3.10. The Kier molecular flexibility index (Phi) is 4.03. The fourth-order valence-corrected chi connectivity index (χ4v) is 2.78. The van der Waals surface area contributed by atoms with Gasteiger partial charge in [-0.2, -0.15) is 0 Å². The molecule has 0 saturated heterocycles. The smallest absolute Gasteiger partial charge is 0.255 e. The highest BCUT2D eigenvalue weighted by Gasteiger charge is 2.11. The van der Waals surface area contributed by atoms with Gasteiger partial charge in [-0.1, -0.05) is 46.6 Å². The first kappa shape index (κ1) is 12.1. The summed E-state index contributed by atoms with van der Waals surface area (Å²) in [5.41, 5.74) is 0.791. The largest absolute Gasteiger partial charge is 0.440 e. The van der Waals surface area contributed by atoms with E-state index in [1.54, 1.807) is 18.3 Å². The molecule has 2 nitrogen and oxygen atoms in total. The first-order valence-corrected chi connectivity index (χ1v) is 6.45. The van der Waals surface area contributed by atoms with Crippen LogP contribution in [-0.4, -0.2) is 4.98 Å². The van der Waals surface area contributed by atoms with Crippen LogP contribution in [0, 0.1) is 0 Å². The molecule has 84 valence electrons. The molecule has 0 atom stereocenters. The molecule has 1 heterocycles. The number of oxazole rings is 1. The highest BCUT2D eigenvalue weighted by Crippen LogP contribution is 2.35. The molecule has 0 amide bonds. The predicted octanol–water partition coefficient (Wildman–Crippen LogP) is 4.93. The molecule has 1 aromatic carbocycles. The predicted molar refractivity (Wildman–Crippen MR) is 67.5 cm³/mol. The van der Waals surface area contributed by atoms with E-state index in [4.69, 9.17) is 39.2 Å². The summed E-state index contributed by atoms with van der Waals surface area (Å²) in [5.74, 6) is 0.568. The molecule has 0 unspecified atom stereocenters. The molecule has 1 aromatic heterocycles. The second-order valence-corrected chi connectivity index (χ2v) is 5.03. The quantitative estimate of drug-likeness (QED) is 0.593. The van der Waals surface area contributed by atoms with E-state index in [0.29, 0.717) is 26.0 Å². The summed E-state index contributed by atoms with van der Waals surface area (Å²) in [4.78, 5) is 3.99. The van der Waals surface area contributed by atoms with Gasteiger partial charge in [0.25, 0.3) is 5.22 Å². The van der Waals surface area contributed by atoms with Gasteiger partial charge in [0.05, 0.1) is 16.2 Å². The Morgan fingerprint density at radius 3 is 2.62 bits per heavy atom. The second-order valence-electron chi connectivity index (χ2n) is 2.91. The lowest BCUT2D eigenvalue weighted by Crippen LogP contribution is -1.86. The van der Waals surface area contributed by atoms with Gasteiger partial charge in [0.15, 0.2) is 0 Å². The molecule has 2 aromatic rings. The summed E-state index contributed by atoms with van der Waals surface area (Å²) in [5, 5.41) is 2.14. The van der Waals surface area contributed by atoms with Crippen molar-refractivity contribution in [2.75, 3.05) is 0 Å². The number of aromatic nitrogens is 1. The molecule has 0 aliphatic heterocycles. The first-order chi connectivity index (χ1) is 7.68. The molecular weight excluding hydrogens is 289 g/mol. The van der Waals surface area contributed by atoms with E-state index < -0.39 is 0 Å². The number of rotatable bonds is 3. The molecule has 0 spiro atoms. The van der Waals surface area contributed by atoms with E-state index in [0.717, 1.165) is 5.56 Å². The highest BCUT2D eigenvalue weighted by molar-refractivity contribution is 7.98. The molecule has 0 aliphatic carbocycles. The number of hydrogen-bond donors (Lipinski definition) is 0. The Morgan fingerprint density at radius 1 is 1.19 bits per heavy atom. The van der Waals surface area contributed by atoms with Gasteiger partial charge in [-0.25, -0.2) is 4.98 Å². The van der Waals surface area contributed by atoms with Crippen molar-refractivity contribution in [2.45, 2.75) is 11.0 Å². The van der Waals surface area contributed by atoms with E-state index in [1.165, 1.54) is 18.0 Å². The minimum atomic E-state index is 0.480. The number of thioether (sulfide) groups is 1. The molecule has 0 aliphatic rings. The third-order valence-electron chi connectivity index (χ3n) is 1.89. The van der Waals surface area contributed by atoms with Gasteiger partial charge in [-0.3, -0.25) is 0 Å². The van der Waals surface area contributed by atoms with E-state index in [9.17, 15) is 0 Å². The van der Waals surface area contributed by atoms with Crippen molar-refractivity contribution in [3.8, 4) is 0 Å². The number of hydrogen-bond acceptors (Lipinski definition) is 3. The van der Waals surface area contributed by atoms with E-state index >= 15 is 0 Å².